The summed E-state index contributed by atoms with van der Waals surface area (Å²) in [7, 11) is -3.87. The first-order chi connectivity index (χ1) is 17.3. The Kier molecular flexibility index (Phi) is 6.34. The van der Waals surface area contributed by atoms with Crippen LogP contribution in [0, 0.1) is 0 Å². The highest BCUT2D eigenvalue weighted by Crippen LogP contribution is 2.29. The number of amides is 1. The number of hydrogen-bond acceptors (Lipinski definition) is 6. The van der Waals surface area contributed by atoms with Crippen LogP contribution in [-0.2, 0) is 10.0 Å². The highest BCUT2D eigenvalue weighted by Gasteiger charge is 2.30. The Morgan fingerprint density at radius 3 is 2.61 bits per heavy atom. The van der Waals surface area contributed by atoms with Crippen molar-refractivity contribution in [1.29, 1.82) is 0 Å². The number of anilines is 1. The van der Waals surface area contributed by atoms with Crippen molar-refractivity contribution in [3.63, 3.8) is 0 Å². The van der Waals surface area contributed by atoms with E-state index in [-0.39, 0.29) is 16.8 Å². The lowest BCUT2D eigenvalue weighted by Gasteiger charge is -2.25. The van der Waals surface area contributed by atoms with Gasteiger partial charge in [-0.1, -0.05) is 36.4 Å². The van der Waals surface area contributed by atoms with Gasteiger partial charge < -0.3 is 15.4 Å². The molecule has 1 aromatic heterocycles. The van der Waals surface area contributed by atoms with Gasteiger partial charge in [0.1, 0.15) is 18.2 Å². The summed E-state index contributed by atoms with van der Waals surface area (Å²) in [6.07, 6.45) is 3.42. The number of benzene rings is 3. The Balaban J connectivity index is 1.30. The Bertz CT molecular complexity index is 1540. The second kappa shape index (κ2) is 9.60. The number of sulfonamides is 1. The smallest absolute Gasteiger partial charge is 0.254 e. The molecule has 1 aliphatic rings. The van der Waals surface area contributed by atoms with Gasteiger partial charge in [-0.05, 0) is 60.2 Å². The Morgan fingerprint density at radius 1 is 1.06 bits per heavy atom. The molecule has 0 unspecified atom stereocenters. The third-order valence-electron chi connectivity index (χ3n) is 6.49. The lowest BCUT2D eigenvalue weighted by molar-refractivity contribution is 0.0691. The fraction of sp³-hybridized carbons (Fsp3) is 0.185. The summed E-state index contributed by atoms with van der Waals surface area (Å²) in [6, 6.07) is 21.0. The zero-order valence-electron chi connectivity index (χ0n) is 19.5. The number of fused-ring (bicyclic) bond motifs is 1. The van der Waals surface area contributed by atoms with Crippen LogP contribution in [0.3, 0.4) is 0 Å². The van der Waals surface area contributed by atoms with Crippen LogP contribution in [0.1, 0.15) is 23.2 Å². The number of carbonyl (C=O) groups is 1. The predicted molar refractivity (Wildman–Crippen MR) is 139 cm³/mol. The van der Waals surface area contributed by atoms with Gasteiger partial charge in [-0.15, -0.1) is 0 Å². The lowest BCUT2D eigenvalue weighted by Crippen LogP contribution is -2.39. The van der Waals surface area contributed by atoms with Crippen molar-refractivity contribution in [3.05, 3.63) is 84.6 Å². The fourth-order valence-corrected chi connectivity index (χ4v) is 5.40. The zero-order chi connectivity index (χ0) is 25.3. The number of likely N-dealkylation sites (tertiary alicyclic amines) is 1. The van der Waals surface area contributed by atoms with E-state index in [2.05, 4.69) is 4.98 Å². The predicted octanol–water partition coefficient (Wildman–Crippen LogP) is 3.82. The quantitative estimate of drug-likeness (QED) is 0.412. The van der Waals surface area contributed by atoms with E-state index in [9.17, 15) is 13.2 Å². The summed E-state index contributed by atoms with van der Waals surface area (Å²) in [4.78, 5) is 19.3. The third-order valence-corrected chi connectivity index (χ3v) is 7.45. The van der Waals surface area contributed by atoms with E-state index >= 15 is 0 Å². The molecule has 0 bridgehead atoms. The maximum Gasteiger partial charge on any atom is 0.254 e. The van der Waals surface area contributed by atoms with Gasteiger partial charge >= 0.3 is 0 Å². The summed E-state index contributed by atoms with van der Waals surface area (Å²) < 4.78 is 30.0. The Hall–Kier alpha value is -3.95. The average molecular weight is 503 g/mol. The van der Waals surface area contributed by atoms with Crippen LogP contribution in [0.5, 0.6) is 5.75 Å². The molecule has 1 saturated heterocycles. The monoisotopic (exact) mass is 502 g/mol. The Morgan fingerprint density at radius 2 is 1.83 bits per heavy atom. The molecule has 2 heterocycles. The van der Waals surface area contributed by atoms with Gasteiger partial charge in [0.05, 0.1) is 10.9 Å². The van der Waals surface area contributed by atoms with Crippen LogP contribution in [0.2, 0.25) is 0 Å². The molecule has 1 atom stereocenters. The molecule has 4 N–H and O–H groups in total. The first-order valence-electron chi connectivity index (χ1n) is 11.6. The van der Waals surface area contributed by atoms with Crippen molar-refractivity contribution in [1.82, 2.24) is 9.88 Å². The van der Waals surface area contributed by atoms with Crippen LogP contribution in [0.4, 0.5) is 5.82 Å². The van der Waals surface area contributed by atoms with Crippen molar-refractivity contribution < 1.29 is 17.9 Å². The van der Waals surface area contributed by atoms with Crippen molar-refractivity contribution in [2.24, 2.45) is 5.14 Å². The second-order valence-corrected chi connectivity index (χ2v) is 10.3. The van der Waals surface area contributed by atoms with Crippen LogP contribution >= 0.6 is 0 Å². The number of pyridine rings is 1. The summed E-state index contributed by atoms with van der Waals surface area (Å²) in [5, 5.41) is 7.19. The van der Waals surface area contributed by atoms with Crippen molar-refractivity contribution in [2.75, 3.05) is 18.9 Å². The van der Waals surface area contributed by atoms with Gasteiger partial charge in [0.25, 0.3) is 5.91 Å². The molecular formula is C27H26N4O4S. The van der Waals surface area contributed by atoms with Gasteiger partial charge in [-0.25, -0.2) is 18.5 Å². The van der Waals surface area contributed by atoms with E-state index in [1.165, 1.54) is 6.07 Å². The maximum absolute atomic E-state index is 13.3. The van der Waals surface area contributed by atoms with Gasteiger partial charge in [-0.2, -0.15) is 0 Å². The van der Waals surface area contributed by atoms with Crippen molar-refractivity contribution in [2.45, 2.75) is 23.8 Å². The number of carbonyl (C=O) groups excluding carboxylic acids is 1. The third kappa shape index (κ3) is 4.75. The average Bonchev–Trinajstić information content (AvgIpc) is 3.36. The standard InChI is InChI=1S/C27H26N4O4S/c28-26-24-16-22(12-11-19(24)13-14-30-26)35-17-21-4-3-15-31(21)27(32)20-9-7-18(8-10-20)23-5-1-2-6-25(23)36(29,33)34/h1-2,5-14,16,21H,3-4,15,17H2,(H2,28,30)(H2,29,33,34)/t21-/m1/s1. The number of rotatable bonds is 6. The van der Waals surface area contributed by atoms with Crippen LogP contribution in [0.25, 0.3) is 21.9 Å². The number of nitrogens with zero attached hydrogens (tertiary/aromatic N) is 2. The summed E-state index contributed by atoms with van der Waals surface area (Å²) in [6.45, 7) is 1.02. The van der Waals surface area contributed by atoms with Crippen molar-refractivity contribution in [3.8, 4) is 16.9 Å². The molecule has 0 radical (unpaired) electrons. The van der Waals surface area contributed by atoms with E-state index < -0.39 is 10.0 Å². The molecule has 1 amide bonds. The van der Waals surface area contributed by atoms with Crippen LogP contribution in [-0.4, -0.2) is 43.4 Å². The van der Waals surface area contributed by atoms with Gasteiger partial charge in [-0.3, -0.25) is 4.79 Å². The van der Waals surface area contributed by atoms with E-state index in [1.54, 1.807) is 48.7 Å². The molecule has 1 aliphatic heterocycles. The van der Waals surface area contributed by atoms with Gasteiger partial charge in [0.2, 0.25) is 10.0 Å². The van der Waals surface area contributed by atoms with E-state index in [1.807, 2.05) is 29.2 Å². The molecule has 184 valence electrons. The van der Waals surface area contributed by atoms with Gasteiger partial charge in [0.15, 0.2) is 0 Å². The molecule has 9 heteroatoms. The molecule has 5 rings (SSSR count). The van der Waals surface area contributed by atoms with Gasteiger partial charge in [0, 0.05) is 29.3 Å². The van der Waals surface area contributed by atoms with E-state index in [4.69, 9.17) is 15.6 Å². The van der Waals surface area contributed by atoms with Crippen LogP contribution in [0.15, 0.2) is 83.9 Å². The van der Waals surface area contributed by atoms with E-state index in [0.717, 1.165) is 23.6 Å². The molecule has 1 fully saturated rings. The number of hydrogen-bond donors (Lipinski definition) is 2. The molecule has 3 aromatic carbocycles. The highest BCUT2D eigenvalue weighted by molar-refractivity contribution is 7.89. The molecule has 36 heavy (non-hydrogen) atoms. The molecule has 0 spiro atoms. The number of nitrogen functional groups attached to an aromatic ring is 1. The minimum Gasteiger partial charge on any atom is -0.491 e. The Labute approximate surface area is 209 Å². The minimum atomic E-state index is -3.87. The second-order valence-electron chi connectivity index (χ2n) is 8.80. The first kappa shape index (κ1) is 23.8. The van der Waals surface area contributed by atoms with Crippen LogP contribution < -0.4 is 15.6 Å². The normalized spacial score (nSPS) is 15.8. The lowest BCUT2D eigenvalue weighted by atomic mass is 10.0. The summed E-state index contributed by atoms with van der Waals surface area (Å²) >= 11 is 0. The summed E-state index contributed by atoms with van der Waals surface area (Å²) in [5.74, 6) is 1.05. The number of aromatic nitrogens is 1. The number of nitrogens with two attached hydrogens (primary N) is 2. The SMILES string of the molecule is Nc1nccc2ccc(OC[C@H]3CCCN3C(=O)c3ccc(-c4ccccc4S(N)(=O)=O)cc3)cc12. The number of primary sulfonamides is 1. The summed E-state index contributed by atoms with van der Waals surface area (Å²) in [5.41, 5.74) is 7.69. The maximum atomic E-state index is 13.3. The fourth-order valence-electron chi connectivity index (χ4n) is 4.64. The van der Waals surface area contributed by atoms with Crippen molar-refractivity contribution >= 4 is 32.5 Å². The molecular weight excluding hydrogens is 476 g/mol. The largest absolute Gasteiger partial charge is 0.491 e. The highest BCUT2D eigenvalue weighted by atomic mass is 32.2. The van der Waals surface area contributed by atoms with E-state index in [0.29, 0.717) is 41.4 Å². The first-order valence-corrected chi connectivity index (χ1v) is 13.2. The number of ether oxygens (including phenoxy) is 1. The molecule has 0 saturated carbocycles. The molecule has 0 aliphatic carbocycles. The minimum absolute atomic E-state index is 0.0482. The zero-order valence-corrected chi connectivity index (χ0v) is 20.3. The molecule has 4 aromatic rings. The topological polar surface area (TPSA) is 129 Å². The molecule has 8 nitrogen and oxygen atoms in total.